The topological polar surface area (TPSA) is 41.1 Å². The van der Waals surface area contributed by atoms with Crippen LogP contribution in [0.15, 0.2) is 54.6 Å². The molecule has 0 heterocycles. The highest BCUT2D eigenvalue weighted by Crippen LogP contribution is 2.21. The number of carbonyl (C=O) groups is 1. The fourth-order valence-electron chi connectivity index (χ4n) is 1.64. The van der Waals surface area contributed by atoms with Crippen molar-refractivity contribution in [2.45, 2.75) is 0 Å². The van der Waals surface area contributed by atoms with Gasteiger partial charge >= 0.3 is 0 Å². The summed E-state index contributed by atoms with van der Waals surface area (Å²) in [7, 11) is 0. The minimum atomic E-state index is -0.348. The number of benzene rings is 2. The van der Waals surface area contributed by atoms with Crippen molar-refractivity contribution in [3.05, 3.63) is 70.2 Å². The van der Waals surface area contributed by atoms with E-state index >= 15 is 0 Å². The smallest absolute Gasteiger partial charge is 0.250 e. The third kappa shape index (κ3) is 5.15. The number of amides is 1. The predicted octanol–water partition coefficient (Wildman–Crippen LogP) is 4.52. The van der Waals surface area contributed by atoms with Gasteiger partial charge in [0.2, 0.25) is 5.91 Å². The average Bonchev–Trinajstić information content (AvgIpc) is 2.47. The summed E-state index contributed by atoms with van der Waals surface area (Å²) >= 11 is 16.9. The Morgan fingerprint density at radius 3 is 2.50 bits per heavy atom. The summed E-state index contributed by atoms with van der Waals surface area (Å²) in [4.78, 5) is 11.8. The summed E-state index contributed by atoms with van der Waals surface area (Å²) in [5.74, 6) is -0.348. The Bertz CT molecular complexity index is 717. The van der Waals surface area contributed by atoms with Gasteiger partial charge in [0.1, 0.15) is 0 Å². The molecule has 0 aliphatic rings. The molecule has 2 aromatic rings. The van der Waals surface area contributed by atoms with Gasteiger partial charge in [-0.05, 0) is 48.1 Å². The van der Waals surface area contributed by atoms with Gasteiger partial charge in [-0.2, -0.15) is 0 Å². The Morgan fingerprint density at radius 1 is 1.09 bits per heavy atom. The van der Waals surface area contributed by atoms with E-state index in [4.69, 9.17) is 35.4 Å². The molecule has 0 aliphatic carbocycles. The standard InChI is InChI=1S/C16H12Cl2N2OS/c17-12-8-6-11(14(18)10-12)7-9-15(21)20-16(22)19-13-4-2-1-3-5-13/h1-10H,(H2,19,20,21,22). The molecule has 112 valence electrons. The Hall–Kier alpha value is -1.88. The van der Waals surface area contributed by atoms with Crippen LogP contribution in [-0.4, -0.2) is 11.0 Å². The van der Waals surface area contributed by atoms with Gasteiger partial charge in [-0.25, -0.2) is 0 Å². The van der Waals surface area contributed by atoms with Crippen molar-refractivity contribution in [2.24, 2.45) is 0 Å². The summed E-state index contributed by atoms with van der Waals surface area (Å²) in [6, 6.07) is 14.4. The van der Waals surface area contributed by atoms with Crippen LogP contribution in [0.2, 0.25) is 10.0 Å². The number of thiocarbonyl (C=S) groups is 1. The molecule has 2 N–H and O–H groups in total. The monoisotopic (exact) mass is 350 g/mol. The van der Waals surface area contributed by atoms with Crippen molar-refractivity contribution >= 4 is 58.2 Å². The Labute approximate surface area is 143 Å². The highest BCUT2D eigenvalue weighted by Gasteiger charge is 2.02. The number of anilines is 1. The first-order valence-electron chi connectivity index (χ1n) is 6.35. The van der Waals surface area contributed by atoms with Crippen LogP contribution in [0.25, 0.3) is 6.08 Å². The van der Waals surface area contributed by atoms with E-state index in [9.17, 15) is 4.79 Å². The molecule has 1 amide bonds. The molecule has 0 saturated heterocycles. The molecule has 0 saturated carbocycles. The number of para-hydroxylation sites is 1. The van der Waals surface area contributed by atoms with Crippen LogP contribution in [0.3, 0.4) is 0 Å². The summed E-state index contributed by atoms with van der Waals surface area (Å²) in [5.41, 5.74) is 1.50. The van der Waals surface area contributed by atoms with Crippen LogP contribution in [0.4, 0.5) is 5.69 Å². The van der Waals surface area contributed by atoms with E-state index in [1.807, 2.05) is 30.3 Å². The Kier molecular flexibility index (Phi) is 5.95. The molecule has 0 aromatic heterocycles. The van der Waals surface area contributed by atoms with Gasteiger partial charge in [-0.1, -0.05) is 47.5 Å². The number of rotatable bonds is 3. The van der Waals surface area contributed by atoms with E-state index in [1.54, 1.807) is 24.3 Å². The molecule has 0 fully saturated rings. The molecule has 0 radical (unpaired) electrons. The minimum Gasteiger partial charge on any atom is -0.332 e. The second-order valence-corrected chi connectivity index (χ2v) is 5.56. The summed E-state index contributed by atoms with van der Waals surface area (Å²) in [6.07, 6.45) is 2.95. The summed E-state index contributed by atoms with van der Waals surface area (Å²) in [6.45, 7) is 0. The maximum atomic E-state index is 11.8. The molecule has 0 bridgehead atoms. The maximum Gasteiger partial charge on any atom is 0.250 e. The van der Waals surface area contributed by atoms with Crippen LogP contribution in [0.1, 0.15) is 5.56 Å². The predicted molar refractivity (Wildman–Crippen MR) is 96.3 cm³/mol. The molecule has 2 rings (SSSR count). The Balaban J connectivity index is 1.92. The minimum absolute atomic E-state index is 0.225. The zero-order valence-electron chi connectivity index (χ0n) is 11.3. The highest BCUT2D eigenvalue weighted by atomic mass is 35.5. The van der Waals surface area contributed by atoms with Gasteiger partial charge in [0.05, 0.1) is 0 Å². The number of hydrogen-bond acceptors (Lipinski definition) is 2. The number of nitrogens with one attached hydrogen (secondary N) is 2. The SMILES string of the molecule is O=C(C=Cc1ccc(Cl)cc1Cl)NC(=S)Nc1ccccc1. The maximum absolute atomic E-state index is 11.8. The van der Waals surface area contributed by atoms with Crippen molar-refractivity contribution in [3.8, 4) is 0 Å². The van der Waals surface area contributed by atoms with Gasteiger partial charge in [0.15, 0.2) is 5.11 Å². The van der Waals surface area contributed by atoms with Gasteiger partial charge in [0, 0.05) is 21.8 Å². The van der Waals surface area contributed by atoms with Crippen LogP contribution in [0.5, 0.6) is 0 Å². The molecule has 3 nitrogen and oxygen atoms in total. The molecule has 0 unspecified atom stereocenters. The average molecular weight is 351 g/mol. The fourth-order valence-corrected chi connectivity index (χ4v) is 2.33. The largest absolute Gasteiger partial charge is 0.332 e. The lowest BCUT2D eigenvalue weighted by Gasteiger charge is -2.07. The van der Waals surface area contributed by atoms with Gasteiger partial charge in [-0.15, -0.1) is 0 Å². The first-order chi connectivity index (χ1) is 10.5. The highest BCUT2D eigenvalue weighted by molar-refractivity contribution is 7.80. The van der Waals surface area contributed by atoms with Crippen LogP contribution in [-0.2, 0) is 4.79 Å². The van der Waals surface area contributed by atoms with E-state index in [-0.39, 0.29) is 11.0 Å². The molecular formula is C16H12Cl2N2OS. The lowest BCUT2D eigenvalue weighted by Crippen LogP contribution is -2.32. The van der Waals surface area contributed by atoms with Crippen molar-refractivity contribution in [1.82, 2.24) is 5.32 Å². The summed E-state index contributed by atoms with van der Waals surface area (Å²) < 4.78 is 0. The zero-order valence-corrected chi connectivity index (χ0v) is 13.7. The van der Waals surface area contributed by atoms with E-state index in [2.05, 4.69) is 10.6 Å². The molecule has 0 atom stereocenters. The third-order valence-corrected chi connectivity index (χ3v) is 3.41. The third-order valence-electron chi connectivity index (χ3n) is 2.65. The number of carbonyl (C=O) groups excluding carboxylic acids is 1. The van der Waals surface area contributed by atoms with E-state index in [0.717, 1.165) is 5.69 Å². The summed E-state index contributed by atoms with van der Waals surface area (Å²) in [5, 5.41) is 6.71. The van der Waals surface area contributed by atoms with Crippen LogP contribution < -0.4 is 10.6 Å². The lowest BCUT2D eigenvalue weighted by molar-refractivity contribution is -0.115. The number of halogens is 2. The molecule has 0 aliphatic heterocycles. The molecule has 2 aromatic carbocycles. The lowest BCUT2D eigenvalue weighted by atomic mass is 10.2. The second-order valence-electron chi connectivity index (χ2n) is 4.31. The van der Waals surface area contributed by atoms with Gasteiger partial charge < -0.3 is 5.32 Å². The number of hydrogen-bond donors (Lipinski definition) is 2. The second kappa shape index (κ2) is 7.94. The quantitative estimate of drug-likeness (QED) is 0.631. The van der Waals surface area contributed by atoms with Crippen LogP contribution >= 0.6 is 35.4 Å². The first-order valence-corrected chi connectivity index (χ1v) is 7.51. The van der Waals surface area contributed by atoms with Crippen molar-refractivity contribution in [1.29, 1.82) is 0 Å². The van der Waals surface area contributed by atoms with Crippen molar-refractivity contribution in [2.75, 3.05) is 5.32 Å². The van der Waals surface area contributed by atoms with E-state index in [0.29, 0.717) is 15.6 Å². The van der Waals surface area contributed by atoms with E-state index in [1.165, 1.54) is 6.08 Å². The molecule has 22 heavy (non-hydrogen) atoms. The Morgan fingerprint density at radius 2 is 1.82 bits per heavy atom. The van der Waals surface area contributed by atoms with Crippen molar-refractivity contribution < 1.29 is 4.79 Å². The van der Waals surface area contributed by atoms with E-state index < -0.39 is 0 Å². The van der Waals surface area contributed by atoms with Gasteiger partial charge in [-0.3, -0.25) is 10.1 Å². The molecule has 0 spiro atoms. The molecular weight excluding hydrogens is 339 g/mol. The fraction of sp³-hybridized carbons (Fsp3) is 0. The zero-order chi connectivity index (χ0) is 15.9. The normalized spacial score (nSPS) is 10.5. The first kappa shape index (κ1) is 16.5. The molecule has 6 heteroatoms. The van der Waals surface area contributed by atoms with Gasteiger partial charge in [0.25, 0.3) is 0 Å². The van der Waals surface area contributed by atoms with Crippen LogP contribution in [0, 0.1) is 0 Å². The van der Waals surface area contributed by atoms with Crippen molar-refractivity contribution in [3.63, 3.8) is 0 Å².